The van der Waals surface area contributed by atoms with Gasteiger partial charge in [-0.1, -0.05) is 51.0 Å². The molecule has 2 aliphatic rings. The Hall–Kier alpha value is -5.73. The number of nitrogens with one attached hydrogen (secondary N) is 4. The number of aromatic nitrogens is 5. The number of amides is 4. The fraction of sp³-hybridized carbons (Fsp3) is 0.475. The van der Waals surface area contributed by atoms with Gasteiger partial charge in [0, 0.05) is 41.7 Å². The Bertz CT molecular complexity index is 1960. The van der Waals surface area contributed by atoms with Crippen LogP contribution in [0.5, 0.6) is 0 Å². The third kappa shape index (κ3) is 8.66. The number of benzene rings is 1. The Kier molecular flexibility index (Phi) is 12.2. The molecule has 0 bridgehead atoms. The van der Waals surface area contributed by atoms with Crippen molar-refractivity contribution in [2.24, 2.45) is 11.8 Å². The summed E-state index contributed by atoms with van der Waals surface area (Å²) in [7, 11) is 2.56. The van der Waals surface area contributed by atoms with Crippen LogP contribution < -0.4 is 10.7 Å². The molecule has 55 heavy (non-hydrogen) atoms. The minimum absolute atomic E-state index is 0.109. The van der Waals surface area contributed by atoms with E-state index >= 15 is 0 Å². The number of hydrogen-bond acceptors (Lipinski definition) is 9. The van der Waals surface area contributed by atoms with Gasteiger partial charge in [0.2, 0.25) is 11.8 Å². The second-order valence-corrected chi connectivity index (χ2v) is 14.8. The fourth-order valence-electron chi connectivity index (χ4n) is 7.58. The van der Waals surface area contributed by atoms with Crippen LogP contribution in [0.25, 0.3) is 33.8 Å². The van der Waals surface area contributed by atoms with E-state index < -0.39 is 18.2 Å². The molecule has 1 aromatic carbocycles. The molecule has 292 valence electrons. The molecule has 0 spiro atoms. The van der Waals surface area contributed by atoms with Crippen LogP contribution in [0.1, 0.15) is 89.8 Å². The molecule has 15 nitrogen and oxygen atoms in total. The molecule has 4 atom stereocenters. The van der Waals surface area contributed by atoms with Crippen LogP contribution in [0.4, 0.5) is 9.59 Å². The third-order valence-corrected chi connectivity index (χ3v) is 10.6. The summed E-state index contributed by atoms with van der Waals surface area (Å²) in [5.41, 5.74) is 7.81. The first kappa shape index (κ1) is 39.0. The standard InChI is InChI=1S/C40H51N9O6/c1-23(2)34(46-39(52)54-5)38(51)48-19-9-12-33(48)36-43-21-31(45-36)26-15-13-25(14-16-26)30-18-17-27(20-41-30)32-22-42-35(44-32)28-10-7-8-11-29(28)37(50)49(24(3)4)47-40(53)55-6/h13-18,20-24,28-29,33-34H,7-12,19H2,1-6H3,(H,42,44)(H,43,45)(H,46,52)(H,47,53). The van der Waals surface area contributed by atoms with Crippen LogP contribution in [-0.2, 0) is 19.1 Å². The molecule has 4 heterocycles. The highest BCUT2D eigenvalue weighted by Gasteiger charge is 2.39. The molecule has 1 aliphatic carbocycles. The van der Waals surface area contributed by atoms with E-state index in [0.29, 0.717) is 18.8 Å². The van der Waals surface area contributed by atoms with Crippen molar-refractivity contribution in [1.82, 2.24) is 45.6 Å². The SMILES string of the molecule is COC(=O)NC(C(=O)N1CCCC1c1ncc(-c2ccc(-c3ccc(-c4cnc(C5CCCCC5C(=O)N(NC(=O)OC)C(C)C)[nH]4)cn3)cc2)[nH]1)C(C)C. The van der Waals surface area contributed by atoms with Crippen LogP contribution in [0.15, 0.2) is 55.0 Å². The molecule has 1 saturated carbocycles. The van der Waals surface area contributed by atoms with Crippen molar-refractivity contribution >= 4 is 24.0 Å². The van der Waals surface area contributed by atoms with Crippen molar-refractivity contribution in [3.05, 3.63) is 66.6 Å². The average molecular weight is 754 g/mol. The first-order chi connectivity index (χ1) is 26.5. The molecule has 4 aromatic rings. The number of likely N-dealkylation sites (tertiary alicyclic amines) is 1. The van der Waals surface area contributed by atoms with Gasteiger partial charge in [-0.2, -0.15) is 0 Å². The lowest BCUT2D eigenvalue weighted by atomic mass is 9.78. The Balaban J connectivity index is 1.11. The van der Waals surface area contributed by atoms with Crippen LogP contribution in [0.2, 0.25) is 0 Å². The minimum atomic E-state index is -0.693. The summed E-state index contributed by atoms with van der Waals surface area (Å²) in [6.45, 7) is 8.08. The van der Waals surface area contributed by atoms with Gasteiger partial charge in [0.15, 0.2) is 0 Å². The van der Waals surface area contributed by atoms with Crippen molar-refractivity contribution in [2.75, 3.05) is 20.8 Å². The van der Waals surface area contributed by atoms with Gasteiger partial charge < -0.3 is 29.7 Å². The largest absolute Gasteiger partial charge is 0.453 e. The second kappa shape index (κ2) is 17.2. The van der Waals surface area contributed by atoms with Crippen molar-refractivity contribution in [3.63, 3.8) is 0 Å². The van der Waals surface area contributed by atoms with Gasteiger partial charge in [0.1, 0.15) is 17.7 Å². The Morgan fingerprint density at radius 1 is 0.764 bits per heavy atom. The highest BCUT2D eigenvalue weighted by molar-refractivity contribution is 5.86. The van der Waals surface area contributed by atoms with E-state index in [9.17, 15) is 19.2 Å². The zero-order valence-corrected chi connectivity index (χ0v) is 32.3. The predicted molar refractivity (Wildman–Crippen MR) is 205 cm³/mol. The van der Waals surface area contributed by atoms with E-state index in [0.717, 1.165) is 71.7 Å². The number of pyridine rings is 1. The third-order valence-electron chi connectivity index (χ3n) is 10.6. The van der Waals surface area contributed by atoms with Gasteiger partial charge in [-0.25, -0.2) is 30.0 Å². The number of carbonyl (C=O) groups is 4. The van der Waals surface area contributed by atoms with Crippen molar-refractivity contribution < 1.29 is 28.7 Å². The normalized spacial score (nSPS) is 18.9. The van der Waals surface area contributed by atoms with Crippen molar-refractivity contribution in [3.8, 4) is 33.8 Å². The average Bonchev–Trinajstić information content (AvgIpc) is 4.00. The molecule has 2 fully saturated rings. The molecule has 3 aromatic heterocycles. The Morgan fingerprint density at radius 2 is 1.40 bits per heavy atom. The van der Waals surface area contributed by atoms with E-state index in [1.54, 1.807) is 17.3 Å². The molecule has 4 N–H and O–H groups in total. The summed E-state index contributed by atoms with van der Waals surface area (Å²) in [6, 6.07) is 10.9. The molecule has 4 amide bonds. The topological polar surface area (TPSA) is 188 Å². The summed E-state index contributed by atoms with van der Waals surface area (Å²) in [6.07, 6.45) is 9.13. The Labute approximate surface area is 321 Å². The molecule has 4 unspecified atom stereocenters. The maximum atomic E-state index is 13.7. The van der Waals surface area contributed by atoms with Gasteiger partial charge in [0.05, 0.1) is 49.7 Å². The number of H-pyrrole nitrogens is 2. The van der Waals surface area contributed by atoms with E-state index in [4.69, 9.17) is 19.4 Å². The lowest BCUT2D eigenvalue weighted by Gasteiger charge is -2.35. The zero-order valence-electron chi connectivity index (χ0n) is 32.3. The molecule has 1 saturated heterocycles. The number of nitrogens with zero attached hydrogens (tertiary/aromatic N) is 5. The highest BCUT2D eigenvalue weighted by atomic mass is 16.5. The fourth-order valence-corrected chi connectivity index (χ4v) is 7.58. The summed E-state index contributed by atoms with van der Waals surface area (Å²) >= 11 is 0. The molecule has 1 aliphatic heterocycles. The quantitative estimate of drug-likeness (QED) is 0.134. The minimum Gasteiger partial charge on any atom is -0.453 e. The number of hydrogen-bond donors (Lipinski definition) is 4. The smallest absolute Gasteiger partial charge is 0.425 e. The van der Waals surface area contributed by atoms with E-state index in [-0.39, 0.29) is 41.7 Å². The van der Waals surface area contributed by atoms with Crippen LogP contribution >= 0.6 is 0 Å². The maximum Gasteiger partial charge on any atom is 0.425 e. The second-order valence-electron chi connectivity index (χ2n) is 14.8. The maximum absolute atomic E-state index is 13.7. The van der Waals surface area contributed by atoms with Gasteiger partial charge in [-0.3, -0.25) is 14.6 Å². The van der Waals surface area contributed by atoms with Crippen LogP contribution in [0.3, 0.4) is 0 Å². The number of aromatic amines is 2. The molecule has 6 rings (SSSR count). The molecular formula is C40H51N9O6. The number of methoxy groups -OCH3 is 2. The number of ether oxygens (including phenoxy) is 2. The van der Waals surface area contributed by atoms with Gasteiger partial charge in [-0.05, 0) is 63.1 Å². The van der Waals surface area contributed by atoms with Gasteiger partial charge in [-0.15, -0.1) is 0 Å². The first-order valence-corrected chi connectivity index (χ1v) is 19.0. The predicted octanol–water partition coefficient (Wildman–Crippen LogP) is 6.35. The van der Waals surface area contributed by atoms with Gasteiger partial charge >= 0.3 is 12.2 Å². The highest BCUT2D eigenvalue weighted by Crippen LogP contribution is 2.39. The van der Waals surface area contributed by atoms with E-state index in [1.807, 2.05) is 70.3 Å². The molecule has 0 radical (unpaired) electrons. The lowest BCUT2D eigenvalue weighted by Crippen LogP contribution is -2.53. The number of carbonyl (C=O) groups excluding carboxylic acids is 4. The number of rotatable bonds is 10. The van der Waals surface area contributed by atoms with Crippen molar-refractivity contribution in [1.29, 1.82) is 0 Å². The van der Waals surface area contributed by atoms with E-state index in [2.05, 4.69) is 25.7 Å². The first-order valence-electron chi connectivity index (χ1n) is 19.0. The lowest BCUT2D eigenvalue weighted by molar-refractivity contribution is -0.142. The molecule has 15 heteroatoms. The summed E-state index contributed by atoms with van der Waals surface area (Å²) in [4.78, 5) is 73.9. The Morgan fingerprint density at radius 3 is 2.05 bits per heavy atom. The number of imidazole rings is 2. The van der Waals surface area contributed by atoms with Crippen molar-refractivity contribution in [2.45, 2.75) is 90.3 Å². The van der Waals surface area contributed by atoms with Crippen LogP contribution in [0, 0.1) is 11.8 Å². The zero-order chi connectivity index (χ0) is 39.2. The number of alkyl carbamates (subject to hydrolysis) is 1. The number of hydrazine groups is 1. The van der Waals surface area contributed by atoms with Gasteiger partial charge in [0.25, 0.3) is 0 Å². The summed E-state index contributed by atoms with van der Waals surface area (Å²) in [5.74, 6) is 0.617. The summed E-state index contributed by atoms with van der Waals surface area (Å²) < 4.78 is 9.50. The van der Waals surface area contributed by atoms with Crippen LogP contribution in [-0.4, -0.2) is 91.7 Å². The monoisotopic (exact) mass is 753 g/mol. The summed E-state index contributed by atoms with van der Waals surface area (Å²) in [5, 5.41) is 4.06. The molecular weight excluding hydrogens is 702 g/mol. The van der Waals surface area contributed by atoms with E-state index in [1.165, 1.54) is 19.2 Å².